The van der Waals surface area contributed by atoms with Gasteiger partial charge in [-0.05, 0) is 48.6 Å². The summed E-state index contributed by atoms with van der Waals surface area (Å²) in [5, 5.41) is 9.44. The van der Waals surface area contributed by atoms with E-state index in [0.717, 1.165) is 12.8 Å². The molecule has 11 heteroatoms. The van der Waals surface area contributed by atoms with E-state index in [9.17, 15) is 13.2 Å². The summed E-state index contributed by atoms with van der Waals surface area (Å²) in [6.45, 7) is 12.9. The van der Waals surface area contributed by atoms with Crippen molar-refractivity contribution >= 4 is 27.8 Å². The molecule has 1 aliphatic heterocycles. The third-order valence-electron chi connectivity index (χ3n) is 7.53. The molecule has 4 rings (SSSR count). The average molecular weight is 579 g/mol. The summed E-state index contributed by atoms with van der Waals surface area (Å²) in [5.41, 5.74) is 0.669. The van der Waals surface area contributed by atoms with E-state index in [1.807, 2.05) is 10.6 Å². The summed E-state index contributed by atoms with van der Waals surface area (Å²) in [5.74, 6) is 2.22. The van der Waals surface area contributed by atoms with Crippen LogP contribution in [0.4, 0.5) is 0 Å². The summed E-state index contributed by atoms with van der Waals surface area (Å²) in [6.07, 6.45) is 3.15. The average Bonchev–Trinajstić information content (AvgIpc) is 3.29. The molecular weight excluding hydrogens is 536 g/mol. The van der Waals surface area contributed by atoms with Gasteiger partial charge in [0.25, 0.3) is 0 Å². The van der Waals surface area contributed by atoms with Crippen molar-refractivity contribution in [3.8, 4) is 11.4 Å². The van der Waals surface area contributed by atoms with Crippen LogP contribution in [0.5, 0.6) is 0 Å². The minimum Gasteiger partial charge on any atom is -0.461 e. The Morgan fingerprint density at radius 1 is 1.15 bits per heavy atom. The van der Waals surface area contributed by atoms with Crippen molar-refractivity contribution < 1.29 is 22.7 Å². The number of esters is 1. The van der Waals surface area contributed by atoms with Crippen LogP contribution in [0.25, 0.3) is 11.4 Å². The van der Waals surface area contributed by atoms with Crippen LogP contribution in [-0.2, 0) is 30.8 Å². The van der Waals surface area contributed by atoms with Crippen molar-refractivity contribution in [1.29, 1.82) is 0 Å². The quantitative estimate of drug-likeness (QED) is 0.295. The van der Waals surface area contributed by atoms with Gasteiger partial charge in [-0.3, -0.25) is 4.79 Å². The van der Waals surface area contributed by atoms with Gasteiger partial charge in [-0.25, -0.2) is 8.42 Å². The van der Waals surface area contributed by atoms with Crippen molar-refractivity contribution in [1.82, 2.24) is 19.1 Å². The van der Waals surface area contributed by atoms with E-state index >= 15 is 0 Å². The lowest BCUT2D eigenvalue weighted by Gasteiger charge is -2.36. The zero-order valence-electron chi connectivity index (χ0n) is 23.7. The minimum atomic E-state index is -3.64. The van der Waals surface area contributed by atoms with Crippen LogP contribution in [0.15, 0.2) is 34.3 Å². The van der Waals surface area contributed by atoms with E-state index in [-0.39, 0.29) is 22.7 Å². The van der Waals surface area contributed by atoms with E-state index in [1.54, 1.807) is 18.2 Å². The molecule has 3 atom stereocenters. The predicted octanol–water partition coefficient (Wildman–Crippen LogP) is 4.72. The van der Waals surface area contributed by atoms with Gasteiger partial charge in [0.15, 0.2) is 11.0 Å². The highest BCUT2D eigenvalue weighted by atomic mass is 32.2. The Morgan fingerprint density at radius 3 is 2.59 bits per heavy atom. The SMILES string of the molecule is CC(C)Cn1c(SCC(=O)O[C@@H]2C[C@@H](C)CC[C@H]2C(C)C)nnc1-c1cccc(S(=O)(=O)N2CCOCC2)c1. The van der Waals surface area contributed by atoms with Gasteiger partial charge in [0.1, 0.15) is 6.10 Å². The summed E-state index contributed by atoms with van der Waals surface area (Å²) in [4.78, 5) is 13.1. The van der Waals surface area contributed by atoms with Gasteiger partial charge in [-0.2, -0.15) is 4.31 Å². The van der Waals surface area contributed by atoms with Crippen LogP contribution < -0.4 is 0 Å². The third kappa shape index (κ3) is 7.42. The fourth-order valence-electron chi connectivity index (χ4n) is 5.45. The van der Waals surface area contributed by atoms with E-state index in [4.69, 9.17) is 9.47 Å². The lowest BCUT2D eigenvalue weighted by Crippen LogP contribution is -2.40. The highest BCUT2D eigenvalue weighted by Gasteiger charge is 2.33. The topological polar surface area (TPSA) is 104 Å². The maximum atomic E-state index is 13.2. The Balaban J connectivity index is 1.51. The first kappa shape index (κ1) is 30.0. The first-order valence-corrected chi connectivity index (χ1v) is 16.4. The fraction of sp³-hybridized carbons (Fsp3) is 0.679. The molecule has 0 amide bonds. The van der Waals surface area contributed by atoms with Crippen molar-refractivity contribution in [3.05, 3.63) is 24.3 Å². The molecule has 0 spiro atoms. The molecule has 0 unspecified atom stereocenters. The number of hydrogen-bond acceptors (Lipinski definition) is 8. The predicted molar refractivity (Wildman–Crippen MR) is 152 cm³/mol. The molecule has 1 aliphatic carbocycles. The van der Waals surface area contributed by atoms with Gasteiger partial charge in [-0.15, -0.1) is 10.2 Å². The number of benzene rings is 1. The van der Waals surface area contributed by atoms with Crippen LogP contribution in [0, 0.1) is 23.7 Å². The second-order valence-corrected chi connectivity index (χ2v) is 14.4. The second kappa shape index (κ2) is 13.1. The number of thioether (sulfide) groups is 1. The molecule has 1 aromatic heterocycles. The molecule has 2 heterocycles. The maximum absolute atomic E-state index is 13.2. The smallest absolute Gasteiger partial charge is 0.316 e. The highest BCUT2D eigenvalue weighted by molar-refractivity contribution is 7.99. The number of aromatic nitrogens is 3. The molecule has 2 fully saturated rings. The lowest BCUT2D eigenvalue weighted by atomic mass is 9.75. The molecule has 2 aliphatic rings. The second-order valence-electron chi connectivity index (χ2n) is 11.5. The van der Waals surface area contributed by atoms with Gasteiger partial charge in [0.05, 0.1) is 23.9 Å². The largest absolute Gasteiger partial charge is 0.461 e. The summed E-state index contributed by atoms with van der Waals surface area (Å²) in [6, 6.07) is 6.85. The molecule has 0 bridgehead atoms. The number of nitrogens with zero attached hydrogens (tertiary/aromatic N) is 4. The number of rotatable bonds is 10. The molecule has 1 saturated heterocycles. The molecule has 216 valence electrons. The number of hydrogen-bond donors (Lipinski definition) is 0. The number of carbonyl (C=O) groups excluding carboxylic acids is 1. The normalized spacial score (nSPS) is 22.9. The number of ether oxygens (including phenoxy) is 2. The van der Waals surface area contributed by atoms with Gasteiger partial charge in [-0.1, -0.05) is 64.9 Å². The summed E-state index contributed by atoms with van der Waals surface area (Å²) < 4.78 is 41.2. The van der Waals surface area contributed by atoms with E-state index in [0.29, 0.717) is 73.1 Å². The van der Waals surface area contributed by atoms with Crippen molar-refractivity contribution in [3.63, 3.8) is 0 Å². The number of morpholine rings is 1. The Hall–Kier alpha value is -1.95. The van der Waals surface area contributed by atoms with Crippen LogP contribution in [0.2, 0.25) is 0 Å². The zero-order chi connectivity index (χ0) is 28.2. The van der Waals surface area contributed by atoms with Gasteiger partial charge in [0.2, 0.25) is 10.0 Å². The summed E-state index contributed by atoms with van der Waals surface area (Å²) >= 11 is 1.32. The fourth-order valence-corrected chi connectivity index (χ4v) is 7.63. The molecule has 9 nitrogen and oxygen atoms in total. The zero-order valence-corrected chi connectivity index (χ0v) is 25.3. The Bertz CT molecular complexity index is 1220. The van der Waals surface area contributed by atoms with E-state index in [1.165, 1.54) is 22.5 Å². The van der Waals surface area contributed by atoms with Crippen LogP contribution in [0.3, 0.4) is 0 Å². The Kier molecular flexibility index (Phi) is 10.1. The van der Waals surface area contributed by atoms with Crippen LogP contribution in [-0.4, -0.2) is 71.6 Å². The Morgan fingerprint density at radius 2 is 1.90 bits per heavy atom. The molecular formula is C28H42N4O5S2. The van der Waals surface area contributed by atoms with Crippen LogP contribution >= 0.6 is 11.8 Å². The van der Waals surface area contributed by atoms with Gasteiger partial charge in [0, 0.05) is 25.2 Å². The maximum Gasteiger partial charge on any atom is 0.316 e. The summed E-state index contributed by atoms with van der Waals surface area (Å²) in [7, 11) is -3.64. The third-order valence-corrected chi connectivity index (χ3v) is 10.4. The van der Waals surface area contributed by atoms with Crippen LogP contribution in [0.1, 0.15) is 53.9 Å². The molecule has 0 N–H and O–H groups in total. The monoisotopic (exact) mass is 578 g/mol. The Labute approximate surface area is 237 Å². The van der Waals surface area contributed by atoms with Gasteiger partial charge < -0.3 is 14.0 Å². The molecule has 39 heavy (non-hydrogen) atoms. The first-order valence-electron chi connectivity index (χ1n) is 14.0. The van der Waals surface area contributed by atoms with E-state index < -0.39 is 10.0 Å². The van der Waals surface area contributed by atoms with Crippen molar-refractivity contribution in [2.45, 2.75) is 76.6 Å². The number of carbonyl (C=O) groups is 1. The highest BCUT2D eigenvalue weighted by Crippen LogP contribution is 2.36. The first-order chi connectivity index (χ1) is 18.6. The van der Waals surface area contributed by atoms with E-state index in [2.05, 4.69) is 44.8 Å². The molecule has 0 radical (unpaired) electrons. The molecule has 2 aromatic rings. The lowest BCUT2D eigenvalue weighted by molar-refractivity contribution is -0.152. The van der Waals surface area contributed by atoms with Crippen molar-refractivity contribution in [2.75, 3.05) is 32.1 Å². The molecule has 1 saturated carbocycles. The molecule has 1 aromatic carbocycles. The minimum absolute atomic E-state index is 0.0397. The van der Waals surface area contributed by atoms with Gasteiger partial charge >= 0.3 is 5.97 Å². The number of sulfonamides is 1. The standard InChI is InChI=1S/C28H42N4O5S2/c1-19(2)17-32-27(22-7-6-8-23(16-22)39(34,35)31-11-13-36-14-12-31)29-30-28(32)38-18-26(33)37-25-15-21(5)9-10-24(25)20(3)4/h6-8,16,19-21,24-25H,9-15,17-18H2,1-5H3/t21-,24-,25+/m0/s1. The van der Waals surface area contributed by atoms with Crippen molar-refractivity contribution in [2.24, 2.45) is 23.7 Å².